The van der Waals surface area contributed by atoms with Crippen molar-refractivity contribution in [2.75, 3.05) is 0 Å². The summed E-state index contributed by atoms with van der Waals surface area (Å²) in [6.07, 6.45) is 3.85. The van der Waals surface area contributed by atoms with Crippen LogP contribution in [0.2, 0.25) is 0 Å². The van der Waals surface area contributed by atoms with E-state index in [1.807, 2.05) is 12.3 Å². The van der Waals surface area contributed by atoms with Crippen LogP contribution in [0, 0.1) is 0 Å². The average Bonchev–Trinajstić information content (AvgIpc) is 1.69. The molecule has 1 heterocycles. The first-order valence-corrected chi connectivity index (χ1v) is 4.11. The van der Waals surface area contributed by atoms with Gasteiger partial charge in [0, 0.05) is 0 Å². The Labute approximate surface area is 49.6 Å². The normalized spacial score (nSPS) is 18.0. The zero-order chi connectivity index (χ0) is 5.11. The van der Waals surface area contributed by atoms with E-state index in [9.17, 15) is 0 Å². The number of rotatable bonds is 0. The van der Waals surface area contributed by atoms with Crippen LogP contribution in [0.4, 0.5) is 0 Å². The van der Waals surface area contributed by atoms with Crippen molar-refractivity contribution in [1.29, 1.82) is 0 Å². The summed E-state index contributed by atoms with van der Waals surface area (Å²) in [5.74, 6) is 0. The minimum absolute atomic E-state index is 0.123. The third-order valence-electron chi connectivity index (χ3n) is 0.663. The summed E-state index contributed by atoms with van der Waals surface area (Å²) in [7, 11) is 0. The van der Waals surface area contributed by atoms with E-state index in [2.05, 4.69) is 15.1 Å². The van der Waals surface area contributed by atoms with E-state index in [0.717, 1.165) is 5.70 Å². The molecule has 0 bridgehead atoms. The summed E-state index contributed by atoms with van der Waals surface area (Å²) in [5.41, 5.74) is 1.03. The fourth-order valence-electron chi connectivity index (χ4n) is 0.342. The molecule has 1 aliphatic rings. The number of hydrogen-bond donors (Lipinski definition) is 2. The van der Waals surface area contributed by atoms with Crippen LogP contribution in [0.15, 0.2) is 24.6 Å². The van der Waals surface area contributed by atoms with Gasteiger partial charge in [-0.15, -0.1) is 0 Å². The molecule has 0 aliphatic carbocycles. The van der Waals surface area contributed by atoms with E-state index in [1.165, 1.54) is 0 Å². The van der Waals surface area contributed by atoms with Gasteiger partial charge < -0.3 is 0 Å². The van der Waals surface area contributed by atoms with Gasteiger partial charge in [0.15, 0.2) is 0 Å². The molecule has 2 radical (unpaired) electrons. The molecule has 3 heteroatoms. The molecule has 0 fully saturated rings. The van der Waals surface area contributed by atoms with Crippen molar-refractivity contribution in [3.63, 3.8) is 0 Å². The van der Waals surface area contributed by atoms with Crippen LogP contribution in [-0.4, -0.2) is 15.9 Å². The first-order valence-electron chi connectivity index (χ1n) is 2.01. The van der Waals surface area contributed by atoms with E-state index in [1.54, 1.807) is 0 Å². The van der Waals surface area contributed by atoms with E-state index in [4.69, 9.17) is 0 Å². The maximum atomic E-state index is 3.71. The van der Waals surface area contributed by atoms with Crippen molar-refractivity contribution in [3.8, 4) is 0 Å². The summed E-state index contributed by atoms with van der Waals surface area (Å²) >= 11 is -0.123. The third kappa shape index (κ3) is 1.27. The molecule has 0 aromatic carbocycles. The fourth-order valence-corrected chi connectivity index (χ4v) is 1.35. The van der Waals surface area contributed by atoms with E-state index in [-0.39, 0.29) is 15.9 Å². The molecule has 0 amide bonds. The fraction of sp³-hybridized carbons (Fsp3) is 0. The molecule has 0 atom stereocenters. The standard InChI is InChI=1S/C4H6GeN2/c1-4-2-3-6-5-7-4/h2-3,6-7H,1H2. The van der Waals surface area contributed by atoms with Gasteiger partial charge in [0.05, 0.1) is 0 Å². The van der Waals surface area contributed by atoms with Crippen LogP contribution in [0.25, 0.3) is 0 Å². The second kappa shape index (κ2) is 2.07. The molecule has 0 saturated carbocycles. The Morgan fingerprint density at radius 2 is 2.57 bits per heavy atom. The van der Waals surface area contributed by atoms with E-state index < -0.39 is 0 Å². The number of allylic oxidation sites excluding steroid dienone is 1. The molecule has 7 heavy (non-hydrogen) atoms. The van der Waals surface area contributed by atoms with E-state index in [0.29, 0.717) is 0 Å². The van der Waals surface area contributed by atoms with Crippen molar-refractivity contribution in [3.05, 3.63) is 24.6 Å². The Bertz CT molecular complexity index is 108. The van der Waals surface area contributed by atoms with Crippen molar-refractivity contribution in [2.45, 2.75) is 0 Å². The van der Waals surface area contributed by atoms with Gasteiger partial charge in [-0.1, -0.05) is 0 Å². The van der Waals surface area contributed by atoms with Gasteiger partial charge in [0.25, 0.3) is 0 Å². The Hall–Kier alpha value is -0.377. The maximum absolute atomic E-state index is 3.71. The Balaban J connectivity index is 2.51. The van der Waals surface area contributed by atoms with Crippen LogP contribution in [-0.2, 0) is 0 Å². The minimum atomic E-state index is -0.123. The zero-order valence-corrected chi connectivity index (χ0v) is 5.96. The molecule has 0 aromatic heterocycles. The Morgan fingerprint density at radius 1 is 1.71 bits per heavy atom. The number of hydrogen-bond acceptors (Lipinski definition) is 2. The van der Waals surface area contributed by atoms with Crippen LogP contribution in [0.5, 0.6) is 0 Å². The molecule has 0 aromatic rings. The van der Waals surface area contributed by atoms with Crippen LogP contribution in [0.3, 0.4) is 0 Å². The first-order chi connectivity index (χ1) is 3.39. The average molecular weight is 155 g/mol. The van der Waals surface area contributed by atoms with Gasteiger partial charge in [0.1, 0.15) is 0 Å². The van der Waals surface area contributed by atoms with Crippen molar-refractivity contribution in [2.24, 2.45) is 0 Å². The molecule has 0 spiro atoms. The molecule has 0 unspecified atom stereocenters. The van der Waals surface area contributed by atoms with Gasteiger partial charge in [0.2, 0.25) is 0 Å². The zero-order valence-electron chi connectivity index (χ0n) is 3.86. The summed E-state index contributed by atoms with van der Waals surface area (Å²) < 4.78 is 6.20. The van der Waals surface area contributed by atoms with Gasteiger partial charge in [-0.25, -0.2) is 0 Å². The molecule has 2 N–H and O–H groups in total. The predicted molar refractivity (Wildman–Crippen MR) is 30.3 cm³/mol. The summed E-state index contributed by atoms with van der Waals surface area (Å²) in [6, 6.07) is 0. The van der Waals surface area contributed by atoms with Crippen molar-refractivity contribution in [1.82, 2.24) is 8.55 Å². The van der Waals surface area contributed by atoms with Gasteiger partial charge in [-0.05, 0) is 0 Å². The predicted octanol–water partition coefficient (Wildman–Crippen LogP) is -0.259. The third-order valence-corrected chi connectivity index (χ3v) is 2.25. The molecule has 0 saturated heterocycles. The molecule has 36 valence electrons. The van der Waals surface area contributed by atoms with Gasteiger partial charge in [-0.2, -0.15) is 0 Å². The van der Waals surface area contributed by atoms with E-state index >= 15 is 0 Å². The summed E-state index contributed by atoms with van der Waals surface area (Å²) in [5, 5.41) is 0. The van der Waals surface area contributed by atoms with Crippen molar-refractivity contribution < 1.29 is 0 Å². The second-order valence-corrected chi connectivity index (χ2v) is 2.91. The molecular weight excluding hydrogens is 149 g/mol. The topological polar surface area (TPSA) is 24.1 Å². The summed E-state index contributed by atoms with van der Waals surface area (Å²) in [4.78, 5) is 0. The first kappa shape index (κ1) is 4.77. The van der Waals surface area contributed by atoms with Crippen molar-refractivity contribution >= 4 is 15.9 Å². The quantitative estimate of drug-likeness (QED) is 0.470. The second-order valence-electron chi connectivity index (χ2n) is 1.25. The summed E-state index contributed by atoms with van der Waals surface area (Å²) in [6.45, 7) is 3.71. The molecule has 1 aliphatic heterocycles. The van der Waals surface area contributed by atoms with Crippen LogP contribution < -0.4 is 8.55 Å². The Kier molecular flexibility index (Phi) is 1.41. The van der Waals surface area contributed by atoms with Gasteiger partial charge >= 0.3 is 49.0 Å². The molecule has 2 nitrogen and oxygen atoms in total. The van der Waals surface area contributed by atoms with Gasteiger partial charge in [-0.3, -0.25) is 0 Å². The SMILES string of the molecule is C=C1C=C[NH][Ge][NH]1. The Morgan fingerprint density at radius 3 is 2.86 bits per heavy atom. The monoisotopic (exact) mass is 156 g/mol. The number of nitrogens with one attached hydrogen (secondary N) is 2. The van der Waals surface area contributed by atoms with Crippen LogP contribution >= 0.6 is 0 Å². The molecule has 1 rings (SSSR count). The molecular formula is C4H6GeN2. The van der Waals surface area contributed by atoms with Crippen LogP contribution in [0.1, 0.15) is 0 Å².